The molecule has 2 aromatic rings. The molecule has 1 unspecified atom stereocenters. The quantitative estimate of drug-likeness (QED) is 0.880. The van der Waals surface area contributed by atoms with Crippen molar-refractivity contribution in [1.82, 2.24) is 0 Å². The molecule has 1 aromatic carbocycles. The standard InChI is InChI=1S/C14H17NO2/c1-10-3-4-14(16-2)12(7-10)13(15)8-11-5-6-17-9-11/h3-7,9,13H,8,15H2,1-2H3. The van der Waals surface area contributed by atoms with Gasteiger partial charge in [0.15, 0.2) is 0 Å². The Hall–Kier alpha value is -1.74. The van der Waals surface area contributed by atoms with Crippen molar-refractivity contribution in [2.24, 2.45) is 5.73 Å². The van der Waals surface area contributed by atoms with Gasteiger partial charge in [0.05, 0.1) is 19.6 Å². The lowest BCUT2D eigenvalue weighted by Gasteiger charge is -2.15. The fourth-order valence-electron chi connectivity index (χ4n) is 1.92. The summed E-state index contributed by atoms with van der Waals surface area (Å²) < 4.78 is 10.4. The van der Waals surface area contributed by atoms with E-state index in [1.54, 1.807) is 19.6 Å². The number of nitrogens with two attached hydrogens (primary N) is 1. The number of methoxy groups -OCH3 is 1. The third-order valence-electron chi connectivity index (χ3n) is 2.82. The molecule has 90 valence electrons. The number of hydrogen-bond donors (Lipinski definition) is 1. The van der Waals surface area contributed by atoms with E-state index in [1.165, 1.54) is 5.56 Å². The van der Waals surface area contributed by atoms with Crippen LogP contribution in [0.5, 0.6) is 5.75 Å². The van der Waals surface area contributed by atoms with Gasteiger partial charge < -0.3 is 14.9 Å². The van der Waals surface area contributed by atoms with Crippen molar-refractivity contribution in [1.29, 1.82) is 0 Å². The Balaban J connectivity index is 2.23. The van der Waals surface area contributed by atoms with Gasteiger partial charge in [0, 0.05) is 11.6 Å². The highest BCUT2D eigenvalue weighted by Crippen LogP contribution is 2.27. The Morgan fingerprint density at radius 2 is 2.18 bits per heavy atom. The van der Waals surface area contributed by atoms with Gasteiger partial charge in [-0.25, -0.2) is 0 Å². The van der Waals surface area contributed by atoms with Crippen molar-refractivity contribution < 1.29 is 9.15 Å². The molecule has 0 fully saturated rings. The van der Waals surface area contributed by atoms with Crippen LogP contribution in [0.4, 0.5) is 0 Å². The van der Waals surface area contributed by atoms with Crippen molar-refractivity contribution >= 4 is 0 Å². The first kappa shape index (κ1) is 11.7. The second kappa shape index (κ2) is 5.06. The zero-order valence-corrected chi connectivity index (χ0v) is 10.1. The summed E-state index contributed by atoms with van der Waals surface area (Å²) in [6, 6.07) is 7.90. The van der Waals surface area contributed by atoms with E-state index >= 15 is 0 Å². The van der Waals surface area contributed by atoms with E-state index in [4.69, 9.17) is 14.9 Å². The third kappa shape index (κ3) is 2.68. The number of aryl methyl sites for hydroxylation is 1. The average molecular weight is 231 g/mol. The van der Waals surface area contributed by atoms with E-state index in [9.17, 15) is 0 Å². The van der Waals surface area contributed by atoms with E-state index in [-0.39, 0.29) is 6.04 Å². The molecule has 2 rings (SSSR count). The molecular weight excluding hydrogens is 214 g/mol. The minimum atomic E-state index is -0.0811. The second-order valence-electron chi connectivity index (χ2n) is 4.19. The Kier molecular flexibility index (Phi) is 3.49. The zero-order valence-electron chi connectivity index (χ0n) is 10.1. The normalized spacial score (nSPS) is 12.4. The number of furan rings is 1. The summed E-state index contributed by atoms with van der Waals surface area (Å²) >= 11 is 0. The molecule has 0 aliphatic heterocycles. The van der Waals surface area contributed by atoms with E-state index in [0.717, 1.165) is 23.3 Å². The van der Waals surface area contributed by atoms with Crippen molar-refractivity contribution in [3.05, 3.63) is 53.5 Å². The van der Waals surface area contributed by atoms with Gasteiger partial charge in [-0.2, -0.15) is 0 Å². The smallest absolute Gasteiger partial charge is 0.123 e. The minimum absolute atomic E-state index is 0.0811. The zero-order chi connectivity index (χ0) is 12.3. The fourth-order valence-corrected chi connectivity index (χ4v) is 1.92. The lowest BCUT2D eigenvalue weighted by atomic mass is 9.99. The number of ether oxygens (including phenoxy) is 1. The van der Waals surface area contributed by atoms with E-state index < -0.39 is 0 Å². The Labute approximate surface area is 101 Å². The average Bonchev–Trinajstić information content (AvgIpc) is 2.81. The van der Waals surface area contributed by atoms with Crippen LogP contribution in [-0.4, -0.2) is 7.11 Å². The maximum absolute atomic E-state index is 6.21. The molecule has 2 N–H and O–H groups in total. The molecule has 3 nitrogen and oxygen atoms in total. The molecule has 0 radical (unpaired) electrons. The largest absolute Gasteiger partial charge is 0.496 e. The molecule has 0 spiro atoms. The lowest BCUT2D eigenvalue weighted by Crippen LogP contribution is -2.14. The second-order valence-corrected chi connectivity index (χ2v) is 4.19. The van der Waals surface area contributed by atoms with Crippen molar-refractivity contribution in [2.45, 2.75) is 19.4 Å². The molecule has 0 amide bonds. The van der Waals surface area contributed by atoms with E-state index in [2.05, 4.69) is 6.07 Å². The molecule has 0 saturated carbocycles. The molecule has 0 bridgehead atoms. The van der Waals surface area contributed by atoms with Gasteiger partial charge in [0.1, 0.15) is 5.75 Å². The molecule has 0 aliphatic rings. The van der Waals surface area contributed by atoms with Gasteiger partial charge in [-0.3, -0.25) is 0 Å². The highest BCUT2D eigenvalue weighted by Gasteiger charge is 2.13. The first-order chi connectivity index (χ1) is 8.20. The highest BCUT2D eigenvalue weighted by molar-refractivity contribution is 5.39. The Bertz CT molecular complexity index is 477. The summed E-state index contributed by atoms with van der Waals surface area (Å²) in [5, 5.41) is 0. The van der Waals surface area contributed by atoms with Crippen molar-refractivity contribution in [3.63, 3.8) is 0 Å². The summed E-state index contributed by atoms with van der Waals surface area (Å²) in [6.07, 6.45) is 4.13. The summed E-state index contributed by atoms with van der Waals surface area (Å²) in [7, 11) is 1.67. The summed E-state index contributed by atoms with van der Waals surface area (Å²) in [6.45, 7) is 2.05. The van der Waals surface area contributed by atoms with Crippen molar-refractivity contribution in [3.8, 4) is 5.75 Å². The van der Waals surface area contributed by atoms with Gasteiger partial charge in [-0.1, -0.05) is 17.7 Å². The number of hydrogen-bond acceptors (Lipinski definition) is 3. The molecular formula is C14H17NO2. The highest BCUT2D eigenvalue weighted by atomic mass is 16.5. The van der Waals surface area contributed by atoms with Crippen LogP contribution >= 0.6 is 0 Å². The summed E-state index contributed by atoms with van der Waals surface area (Å²) in [4.78, 5) is 0. The topological polar surface area (TPSA) is 48.4 Å². The van der Waals surface area contributed by atoms with Crippen LogP contribution in [0.15, 0.2) is 41.2 Å². The molecule has 1 heterocycles. The molecule has 1 atom stereocenters. The van der Waals surface area contributed by atoms with Crippen LogP contribution in [-0.2, 0) is 6.42 Å². The van der Waals surface area contributed by atoms with Crippen LogP contribution in [0.2, 0.25) is 0 Å². The van der Waals surface area contributed by atoms with Crippen LogP contribution in [0.25, 0.3) is 0 Å². The first-order valence-electron chi connectivity index (χ1n) is 5.62. The van der Waals surface area contributed by atoms with Gasteiger partial charge in [0.25, 0.3) is 0 Å². The molecule has 17 heavy (non-hydrogen) atoms. The number of rotatable bonds is 4. The maximum atomic E-state index is 6.21. The first-order valence-corrected chi connectivity index (χ1v) is 5.62. The predicted molar refractivity (Wildman–Crippen MR) is 67.1 cm³/mol. The van der Waals surface area contributed by atoms with Crippen molar-refractivity contribution in [2.75, 3.05) is 7.11 Å². The van der Waals surface area contributed by atoms with Gasteiger partial charge in [-0.15, -0.1) is 0 Å². The van der Waals surface area contributed by atoms with Crippen LogP contribution in [0.3, 0.4) is 0 Å². The fraction of sp³-hybridized carbons (Fsp3) is 0.286. The summed E-state index contributed by atoms with van der Waals surface area (Å²) in [5.41, 5.74) is 9.53. The molecule has 3 heteroatoms. The lowest BCUT2D eigenvalue weighted by molar-refractivity contribution is 0.405. The monoisotopic (exact) mass is 231 g/mol. The van der Waals surface area contributed by atoms with Crippen LogP contribution < -0.4 is 10.5 Å². The van der Waals surface area contributed by atoms with Gasteiger partial charge in [-0.05, 0) is 31.0 Å². The number of benzene rings is 1. The Morgan fingerprint density at radius 3 is 2.82 bits per heavy atom. The molecule has 0 saturated heterocycles. The van der Waals surface area contributed by atoms with Crippen LogP contribution in [0.1, 0.15) is 22.7 Å². The van der Waals surface area contributed by atoms with Gasteiger partial charge >= 0.3 is 0 Å². The van der Waals surface area contributed by atoms with Gasteiger partial charge in [0.2, 0.25) is 0 Å². The third-order valence-corrected chi connectivity index (χ3v) is 2.82. The minimum Gasteiger partial charge on any atom is -0.496 e. The predicted octanol–water partition coefficient (Wildman–Crippen LogP) is 2.84. The van der Waals surface area contributed by atoms with Crippen LogP contribution in [0, 0.1) is 6.92 Å². The summed E-state index contributed by atoms with van der Waals surface area (Å²) in [5.74, 6) is 0.839. The SMILES string of the molecule is COc1ccc(C)cc1C(N)Cc1ccoc1. The molecule has 0 aliphatic carbocycles. The Morgan fingerprint density at radius 1 is 1.35 bits per heavy atom. The maximum Gasteiger partial charge on any atom is 0.123 e. The van der Waals surface area contributed by atoms with E-state index in [1.807, 2.05) is 25.1 Å². The van der Waals surface area contributed by atoms with E-state index in [0.29, 0.717) is 0 Å². The molecule has 1 aromatic heterocycles.